The van der Waals surface area contributed by atoms with Crippen molar-refractivity contribution in [3.05, 3.63) is 0 Å². The Morgan fingerprint density at radius 3 is 2.50 bits per heavy atom. The molecule has 0 saturated heterocycles. The smallest absolute Gasteiger partial charge is 0.323 e. The van der Waals surface area contributed by atoms with Crippen molar-refractivity contribution in [3.8, 4) is 0 Å². The van der Waals surface area contributed by atoms with Crippen molar-refractivity contribution in [2.75, 3.05) is 13.1 Å². The monoisotopic (exact) mass is 199 g/mol. The van der Waals surface area contributed by atoms with Crippen LogP contribution in [-0.4, -0.2) is 35.0 Å². The molecule has 80 valence electrons. The first-order valence-corrected chi connectivity index (χ1v) is 5.13. The van der Waals surface area contributed by atoms with Gasteiger partial charge in [-0.15, -0.1) is 0 Å². The van der Waals surface area contributed by atoms with Crippen LogP contribution in [0.5, 0.6) is 0 Å². The lowest BCUT2D eigenvalue weighted by Gasteiger charge is -2.20. The number of amides is 1. The van der Waals surface area contributed by atoms with Crippen LogP contribution in [0.3, 0.4) is 0 Å². The normalized spacial score (nSPS) is 15.2. The molecule has 0 radical (unpaired) electrons. The quantitative estimate of drug-likeness (QED) is 0.697. The van der Waals surface area contributed by atoms with Crippen LogP contribution in [0, 0.1) is 5.92 Å². The van der Waals surface area contributed by atoms with Gasteiger partial charge in [0.1, 0.15) is 6.54 Å². The fourth-order valence-corrected chi connectivity index (χ4v) is 1.40. The SMILES string of the molecule is CCCC(=O)N(CC(=O)O)CC1CC1. The second-order valence-corrected chi connectivity index (χ2v) is 3.86. The summed E-state index contributed by atoms with van der Waals surface area (Å²) in [6, 6.07) is 0. The molecule has 0 spiro atoms. The Morgan fingerprint density at radius 1 is 1.43 bits per heavy atom. The highest BCUT2D eigenvalue weighted by Crippen LogP contribution is 2.29. The largest absolute Gasteiger partial charge is 0.480 e. The summed E-state index contributed by atoms with van der Waals surface area (Å²) in [6.45, 7) is 2.41. The van der Waals surface area contributed by atoms with Crippen molar-refractivity contribution < 1.29 is 14.7 Å². The molecule has 0 atom stereocenters. The van der Waals surface area contributed by atoms with Gasteiger partial charge < -0.3 is 10.0 Å². The predicted molar refractivity (Wildman–Crippen MR) is 51.8 cm³/mol. The highest BCUT2D eigenvalue weighted by atomic mass is 16.4. The fraction of sp³-hybridized carbons (Fsp3) is 0.800. The number of carboxylic acids is 1. The molecule has 4 heteroatoms. The zero-order valence-corrected chi connectivity index (χ0v) is 8.53. The van der Waals surface area contributed by atoms with Crippen molar-refractivity contribution in [3.63, 3.8) is 0 Å². The number of carbonyl (C=O) groups is 2. The number of hydrogen-bond acceptors (Lipinski definition) is 2. The van der Waals surface area contributed by atoms with E-state index in [1.165, 1.54) is 4.90 Å². The molecule has 0 unspecified atom stereocenters. The molecule has 1 saturated carbocycles. The third kappa shape index (κ3) is 3.77. The topological polar surface area (TPSA) is 57.6 Å². The fourth-order valence-electron chi connectivity index (χ4n) is 1.40. The van der Waals surface area contributed by atoms with Gasteiger partial charge in [0.15, 0.2) is 0 Å². The second-order valence-electron chi connectivity index (χ2n) is 3.86. The zero-order chi connectivity index (χ0) is 10.6. The summed E-state index contributed by atoms with van der Waals surface area (Å²) < 4.78 is 0. The highest BCUT2D eigenvalue weighted by Gasteiger charge is 2.27. The first kappa shape index (κ1) is 11.0. The summed E-state index contributed by atoms with van der Waals surface area (Å²) in [6.07, 6.45) is 3.50. The molecule has 1 aliphatic rings. The average Bonchev–Trinajstić information content (AvgIpc) is 2.86. The van der Waals surface area contributed by atoms with Crippen molar-refractivity contribution in [2.45, 2.75) is 32.6 Å². The third-order valence-corrected chi connectivity index (χ3v) is 2.32. The van der Waals surface area contributed by atoms with Gasteiger partial charge in [0, 0.05) is 13.0 Å². The number of rotatable bonds is 6. The van der Waals surface area contributed by atoms with Crippen LogP contribution in [0.2, 0.25) is 0 Å². The molecule has 0 aromatic rings. The van der Waals surface area contributed by atoms with Crippen molar-refractivity contribution in [1.82, 2.24) is 4.90 Å². The van der Waals surface area contributed by atoms with Crippen molar-refractivity contribution in [2.24, 2.45) is 5.92 Å². The highest BCUT2D eigenvalue weighted by molar-refractivity contribution is 5.81. The van der Waals surface area contributed by atoms with E-state index in [4.69, 9.17) is 5.11 Å². The van der Waals surface area contributed by atoms with E-state index < -0.39 is 5.97 Å². The van der Waals surface area contributed by atoms with Gasteiger partial charge in [0.2, 0.25) is 5.91 Å². The Hall–Kier alpha value is -1.06. The molecule has 0 aromatic heterocycles. The molecule has 1 fully saturated rings. The van der Waals surface area contributed by atoms with Crippen molar-refractivity contribution >= 4 is 11.9 Å². The Morgan fingerprint density at radius 2 is 2.07 bits per heavy atom. The van der Waals surface area contributed by atoms with Gasteiger partial charge in [-0.05, 0) is 25.2 Å². The summed E-state index contributed by atoms with van der Waals surface area (Å²) in [5, 5.41) is 8.64. The standard InChI is InChI=1S/C10H17NO3/c1-2-3-9(12)11(7-10(13)14)6-8-4-5-8/h8H,2-7H2,1H3,(H,13,14). The summed E-state index contributed by atoms with van der Waals surface area (Å²) >= 11 is 0. The lowest BCUT2D eigenvalue weighted by Crippen LogP contribution is -2.36. The van der Waals surface area contributed by atoms with E-state index in [0.29, 0.717) is 18.9 Å². The minimum atomic E-state index is -0.921. The maximum absolute atomic E-state index is 11.5. The van der Waals surface area contributed by atoms with E-state index in [9.17, 15) is 9.59 Å². The van der Waals surface area contributed by atoms with E-state index in [-0.39, 0.29) is 12.5 Å². The molecule has 0 aromatic carbocycles. The van der Waals surface area contributed by atoms with Crippen LogP contribution in [0.1, 0.15) is 32.6 Å². The van der Waals surface area contributed by atoms with E-state index in [1.54, 1.807) is 0 Å². The minimum Gasteiger partial charge on any atom is -0.480 e. The van der Waals surface area contributed by atoms with Crippen LogP contribution < -0.4 is 0 Å². The lowest BCUT2D eigenvalue weighted by atomic mass is 10.2. The molecular formula is C10H17NO3. The number of carboxylic acid groups (broad SMARTS) is 1. The molecule has 1 rings (SSSR count). The zero-order valence-electron chi connectivity index (χ0n) is 8.53. The number of hydrogen-bond donors (Lipinski definition) is 1. The summed E-state index contributed by atoms with van der Waals surface area (Å²) in [7, 11) is 0. The second kappa shape index (κ2) is 4.98. The van der Waals surface area contributed by atoms with E-state index in [1.807, 2.05) is 6.92 Å². The Balaban J connectivity index is 2.41. The molecule has 1 aliphatic carbocycles. The van der Waals surface area contributed by atoms with Crippen LogP contribution in [0.15, 0.2) is 0 Å². The maximum atomic E-state index is 11.5. The Bertz CT molecular complexity index is 223. The van der Waals surface area contributed by atoms with Gasteiger partial charge >= 0.3 is 5.97 Å². The number of aliphatic carboxylic acids is 1. The molecule has 0 heterocycles. The number of carbonyl (C=O) groups excluding carboxylic acids is 1. The van der Waals surface area contributed by atoms with Crippen LogP contribution in [0.4, 0.5) is 0 Å². The van der Waals surface area contributed by atoms with Gasteiger partial charge in [-0.1, -0.05) is 6.92 Å². The van der Waals surface area contributed by atoms with E-state index >= 15 is 0 Å². The Labute approximate surface area is 83.9 Å². The third-order valence-electron chi connectivity index (χ3n) is 2.32. The van der Waals surface area contributed by atoms with Gasteiger partial charge in [0.05, 0.1) is 0 Å². The first-order valence-electron chi connectivity index (χ1n) is 5.13. The van der Waals surface area contributed by atoms with E-state index in [2.05, 4.69) is 0 Å². The maximum Gasteiger partial charge on any atom is 0.323 e. The molecule has 4 nitrogen and oxygen atoms in total. The van der Waals surface area contributed by atoms with Crippen LogP contribution in [0.25, 0.3) is 0 Å². The molecule has 1 amide bonds. The van der Waals surface area contributed by atoms with Crippen molar-refractivity contribution in [1.29, 1.82) is 0 Å². The predicted octanol–water partition coefficient (Wildman–Crippen LogP) is 1.11. The Kier molecular flexibility index (Phi) is 3.92. The van der Waals surface area contributed by atoms with Gasteiger partial charge in [0.25, 0.3) is 0 Å². The average molecular weight is 199 g/mol. The van der Waals surface area contributed by atoms with E-state index in [0.717, 1.165) is 19.3 Å². The van der Waals surface area contributed by atoms with Crippen LogP contribution >= 0.6 is 0 Å². The summed E-state index contributed by atoms with van der Waals surface area (Å²) in [4.78, 5) is 23.5. The first-order chi connectivity index (χ1) is 6.63. The summed E-state index contributed by atoms with van der Waals surface area (Å²) in [5.74, 6) is -0.396. The minimum absolute atomic E-state index is 0.0261. The molecule has 0 bridgehead atoms. The molecular weight excluding hydrogens is 182 g/mol. The molecule has 0 aliphatic heterocycles. The van der Waals surface area contributed by atoms with Gasteiger partial charge in [-0.25, -0.2) is 0 Å². The number of nitrogens with zero attached hydrogens (tertiary/aromatic N) is 1. The lowest BCUT2D eigenvalue weighted by molar-refractivity contribution is -0.144. The van der Waals surface area contributed by atoms with Gasteiger partial charge in [-0.2, -0.15) is 0 Å². The van der Waals surface area contributed by atoms with Crippen LogP contribution in [-0.2, 0) is 9.59 Å². The molecule has 1 N–H and O–H groups in total. The van der Waals surface area contributed by atoms with Gasteiger partial charge in [-0.3, -0.25) is 9.59 Å². The molecule has 14 heavy (non-hydrogen) atoms. The summed E-state index contributed by atoms with van der Waals surface area (Å²) in [5.41, 5.74) is 0.